The molecule has 7 heavy (non-hydrogen) atoms. The summed E-state index contributed by atoms with van der Waals surface area (Å²) in [7, 11) is 5.64. The summed E-state index contributed by atoms with van der Waals surface area (Å²) in [6.07, 6.45) is 0. The third kappa shape index (κ3) is 5.89. The molecule has 0 aliphatic heterocycles. The van der Waals surface area contributed by atoms with Gasteiger partial charge < -0.3 is 4.65 Å². The fraction of sp³-hybridized carbons (Fsp3) is 0.333. The van der Waals surface area contributed by atoms with E-state index >= 15 is 0 Å². The van der Waals surface area contributed by atoms with Crippen molar-refractivity contribution in [3.63, 3.8) is 0 Å². The summed E-state index contributed by atoms with van der Waals surface area (Å²) in [5.41, 5.74) is 0. The van der Waals surface area contributed by atoms with Crippen LogP contribution in [0, 0.1) is 0 Å². The number of rotatable bonds is 3. The van der Waals surface area contributed by atoms with Crippen LogP contribution in [0.25, 0.3) is 0 Å². The molecule has 1 nitrogen and oxygen atoms in total. The maximum absolute atomic E-state index is 4.76. The molecule has 0 atom stereocenters. The highest BCUT2D eigenvalue weighted by atomic mass is 16.4. The van der Waals surface area contributed by atoms with Crippen molar-refractivity contribution in [2.75, 3.05) is 7.11 Å². The first-order chi connectivity index (χ1) is 3.41. The summed E-state index contributed by atoms with van der Waals surface area (Å²) >= 11 is 0. The molecule has 0 unspecified atom stereocenters. The van der Waals surface area contributed by atoms with Crippen LogP contribution < -0.4 is 0 Å². The van der Waals surface area contributed by atoms with Gasteiger partial charge in [-0.2, -0.15) is 0 Å². The summed E-state index contributed by atoms with van der Waals surface area (Å²) in [6.45, 7) is 0. The number of hydrogen-bond acceptors (Lipinski definition) is 1. The Bertz CT molecular complexity index is 54.1. The second-order valence-electron chi connectivity index (χ2n) is 1.33. The van der Waals surface area contributed by atoms with Crippen molar-refractivity contribution < 1.29 is 4.65 Å². The quantitative estimate of drug-likeness (QED) is 0.384. The van der Waals surface area contributed by atoms with Gasteiger partial charge in [0, 0.05) is 7.11 Å². The van der Waals surface area contributed by atoms with E-state index in [9.17, 15) is 0 Å². The van der Waals surface area contributed by atoms with E-state index in [-0.39, 0.29) is 0 Å². The first-order valence-electron chi connectivity index (χ1n) is 2.55. The third-order valence-electron chi connectivity index (χ3n) is 0.665. The fourth-order valence-corrected chi connectivity index (χ4v) is 0.331. The Kier molecular flexibility index (Phi) is 5.81. The molecule has 0 aromatic heterocycles. The summed E-state index contributed by atoms with van der Waals surface area (Å²) in [5, 5.41) is 0. The molecule has 0 spiro atoms. The van der Waals surface area contributed by atoms with E-state index in [1.54, 1.807) is 7.11 Å². The van der Waals surface area contributed by atoms with Crippen molar-refractivity contribution in [3.05, 3.63) is 12.0 Å². The molecule has 0 amide bonds. The topological polar surface area (TPSA) is 9.23 Å². The van der Waals surface area contributed by atoms with Crippen LogP contribution in [0.4, 0.5) is 0 Å². The first kappa shape index (κ1) is 6.89. The minimum Gasteiger partial charge on any atom is -0.438 e. The van der Waals surface area contributed by atoms with Gasteiger partial charge in [0.25, 0.3) is 7.48 Å². The van der Waals surface area contributed by atoms with Crippen molar-refractivity contribution in [1.29, 1.82) is 0 Å². The lowest BCUT2D eigenvalue weighted by Crippen LogP contribution is -1.89. The van der Waals surface area contributed by atoms with E-state index in [0.29, 0.717) is 0 Å². The van der Waals surface area contributed by atoms with E-state index in [1.807, 2.05) is 5.98 Å². The van der Waals surface area contributed by atoms with E-state index in [0.717, 1.165) is 14.7 Å². The van der Waals surface area contributed by atoms with Crippen LogP contribution in [-0.4, -0.2) is 29.5 Å². The van der Waals surface area contributed by atoms with Gasteiger partial charge in [-0.1, -0.05) is 0 Å². The van der Waals surface area contributed by atoms with Crippen molar-refractivity contribution in [3.8, 4) is 0 Å². The van der Waals surface area contributed by atoms with Gasteiger partial charge in [0.2, 0.25) is 0 Å². The van der Waals surface area contributed by atoms with Gasteiger partial charge in [-0.15, -0.1) is 12.0 Å². The van der Waals surface area contributed by atoms with Crippen molar-refractivity contribution in [2.24, 2.45) is 0 Å². The lowest BCUT2D eigenvalue weighted by molar-refractivity contribution is 0.449. The molecule has 0 heterocycles. The van der Waals surface area contributed by atoms with Gasteiger partial charge in [-0.25, -0.2) is 0 Å². The van der Waals surface area contributed by atoms with E-state index in [1.165, 1.54) is 0 Å². The van der Waals surface area contributed by atoms with Gasteiger partial charge in [-0.05, 0) is 0 Å². The van der Waals surface area contributed by atoms with Crippen LogP contribution in [-0.2, 0) is 4.65 Å². The predicted octanol–water partition coefficient (Wildman–Crippen LogP) is -1.56. The maximum atomic E-state index is 4.76. The van der Waals surface area contributed by atoms with Crippen LogP contribution >= 0.6 is 0 Å². The Hall–Kier alpha value is -0.105. The molecular weight excluding hydrogens is 84.5 g/mol. The normalized spacial score (nSPS) is 9.29. The zero-order chi connectivity index (χ0) is 5.54. The average molecular weight is 93.5 g/mol. The van der Waals surface area contributed by atoms with Crippen LogP contribution in [0.15, 0.2) is 12.0 Å². The third-order valence-corrected chi connectivity index (χ3v) is 0.665. The average Bonchev–Trinajstić information content (AvgIpc) is 1.69. The van der Waals surface area contributed by atoms with E-state index in [2.05, 4.69) is 13.7 Å². The van der Waals surface area contributed by atoms with Gasteiger partial charge >= 0.3 is 0 Å². The van der Waals surface area contributed by atoms with Crippen molar-refractivity contribution in [2.45, 2.75) is 0 Å². The zero-order valence-electron chi connectivity index (χ0n) is 4.98. The second-order valence-corrected chi connectivity index (χ2v) is 1.33. The molecule has 36 valence electrons. The zero-order valence-corrected chi connectivity index (χ0v) is 4.98. The standard InChI is InChI=1S/C3H9B3O/c1-7-6-3-2-5-4/h2-3,5-6H,4H2,1H3/b3-2-. The molecule has 0 aliphatic carbocycles. The molecule has 4 heteroatoms. The molecule has 0 saturated heterocycles. The fourth-order valence-electron chi connectivity index (χ4n) is 0.331. The summed E-state index contributed by atoms with van der Waals surface area (Å²) in [4.78, 5) is 0. The molecule has 0 aromatic rings. The SMILES string of the molecule is BB/C=C\BOC. The highest BCUT2D eigenvalue weighted by Crippen LogP contribution is 1.64. The molecule has 0 N–H and O–H groups in total. The van der Waals surface area contributed by atoms with Gasteiger partial charge in [0.05, 0.1) is 7.74 Å². The Labute approximate surface area is 47.0 Å². The highest BCUT2D eigenvalue weighted by Gasteiger charge is 1.73. The molecule has 0 rings (SSSR count). The summed E-state index contributed by atoms with van der Waals surface area (Å²) in [5.74, 6) is 4.10. The van der Waals surface area contributed by atoms with Crippen LogP contribution in [0.1, 0.15) is 0 Å². The van der Waals surface area contributed by atoms with Gasteiger partial charge in [0.1, 0.15) is 7.17 Å². The van der Waals surface area contributed by atoms with Gasteiger partial charge in [0.15, 0.2) is 0 Å². The monoisotopic (exact) mass is 94.1 g/mol. The molecule has 0 fully saturated rings. The Morgan fingerprint density at radius 2 is 2.29 bits per heavy atom. The van der Waals surface area contributed by atoms with Crippen LogP contribution in [0.3, 0.4) is 0 Å². The van der Waals surface area contributed by atoms with Crippen LogP contribution in [0.2, 0.25) is 0 Å². The van der Waals surface area contributed by atoms with Crippen LogP contribution in [0.5, 0.6) is 0 Å². The number of hydrogen-bond donors (Lipinski definition) is 0. The largest absolute Gasteiger partial charge is 0.438 e. The molecule has 0 aromatic carbocycles. The molecule has 0 bridgehead atoms. The maximum Gasteiger partial charge on any atom is 0.299 e. The highest BCUT2D eigenvalue weighted by molar-refractivity contribution is 6.92. The Morgan fingerprint density at radius 1 is 1.57 bits per heavy atom. The Morgan fingerprint density at radius 3 is 2.71 bits per heavy atom. The smallest absolute Gasteiger partial charge is 0.299 e. The first-order valence-corrected chi connectivity index (χ1v) is 2.55. The minimum absolute atomic E-state index is 0.744. The molecule has 0 aliphatic rings. The second kappa shape index (κ2) is 5.89. The summed E-state index contributed by atoms with van der Waals surface area (Å²) in [6, 6.07) is 0. The van der Waals surface area contributed by atoms with Crippen molar-refractivity contribution >= 4 is 22.4 Å². The summed E-state index contributed by atoms with van der Waals surface area (Å²) < 4.78 is 4.76. The van der Waals surface area contributed by atoms with E-state index in [4.69, 9.17) is 4.65 Å². The lowest BCUT2D eigenvalue weighted by Gasteiger charge is -1.80. The molecule has 0 saturated carbocycles. The molecule has 0 radical (unpaired) electrons. The van der Waals surface area contributed by atoms with E-state index < -0.39 is 0 Å². The van der Waals surface area contributed by atoms with Gasteiger partial charge in [-0.3, -0.25) is 0 Å². The van der Waals surface area contributed by atoms with Crippen molar-refractivity contribution in [1.82, 2.24) is 0 Å². The Balaban J connectivity index is 2.78. The lowest BCUT2D eigenvalue weighted by atomic mass is 9.55. The predicted molar refractivity (Wildman–Crippen MR) is 39.0 cm³/mol. The minimum atomic E-state index is 0.744. The molecular formula is C3H9B3O.